The molecule has 0 aliphatic heterocycles. The maximum Gasteiger partial charge on any atom is 0.417 e. The zero-order chi connectivity index (χ0) is 28.6. The predicted molar refractivity (Wildman–Crippen MR) is 140 cm³/mol. The quantitative estimate of drug-likeness (QED) is 0.378. The molecule has 1 fully saturated rings. The lowest BCUT2D eigenvalue weighted by atomic mass is 9.97. The number of carbonyl (C=O) groups is 1. The number of rotatable bonds is 9. The van der Waals surface area contributed by atoms with Gasteiger partial charge in [0.1, 0.15) is 0 Å². The second-order valence-corrected chi connectivity index (χ2v) is 13.6. The Balaban J connectivity index is 1.61. The van der Waals surface area contributed by atoms with Gasteiger partial charge in [-0.05, 0) is 65.9 Å². The van der Waals surface area contributed by atoms with Crippen molar-refractivity contribution < 1.29 is 39.5 Å². The number of methoxy groups -OCH3 is 1. The lowest BCUT2D eigenvalue weighted by Gasteiger charge is -2.19. The van der Waals surface area contributed by atoms with Gasteiger partial charge in [0.25, 0.3) is 0 Å². The van der Waals surface area contributed by atoms with Crippen LogP contribution < -0.4 is 5.32 Å². The number of benzene rings is 3. The third kappa shape index (κ3) is 6.51. The zero-order valence-corrected chi connectivity index (χ0v) is 22.7. The normalized spacial score (nSPS) is 15.1. The van der Waals surface area contributed by atoms with Gasteiger partial charge in [-0.1, -0.05) is 30.3 Å². The van der Waals surface area contributed by atoms with Crippen LogP contribution in [0.1, 0.15) is 29.9 Å². The number of ether oxygens (including phenoxy) is 1. The smallest absolute Gasteiger partial charge is 0.384 e. The third-order valence-electron chi connectivity index (χ3n) is 6.41. The maximum atomic E-state index is 14.0. The summed E-state index contributed by atoms with van der Waals surface area (Å²) in [6.07, 6.45) is -2.56. The van der Waals surface area contributed by atoms with Crippen molar-refractivity contribution in [2.75, 3.05) is 25.3 Å². The van der Waals surface area contributed by atoms with E-state index in [2.05, 4.69) is 5.32 Å². The molecule has 1 aliphatic carbocycles. The van der Waals surface area contributed by atoms with Crippen LogP contribution >= 0.6 is 0 Å². The van der Waals surface area contributed by atoms with E-state index < -0.39 is 48.5 Å². The fourth-order valence-corrected chi connectivity index (χ4v) is 6.46. The van der Waals surface area contributed by atoms with E-state index in [4.69, 9.17) is 4.74 Å². The number of hydrogen-bond donors (Lipinski definition) is 1. The molecule has 12 heteroatoms. The van der Waals surface area contributed by atoms with Crippen molar-refractivity contribution in [2.24, 2.45) is 0 Å². The van der Waals surface area contributed by atoms with Gasteiger partial charge in [-0.15, -0.1) is 0 Å². The molecule has 0 radical (unpaired) electrons. The summed E-state index contributed by atoms with van der Waals surface area (Å²) in [5, 5.41) is 2.06. The second kappa shape index (κ2) is 10.7. The summed E-state index contributed by atoms with van der Waals surface area (Å²) in [6.45, 7) is -0.0929. The van der Waals surface area contributed by atoms with E-state index in [0.29, 0.717) is 18.4 Å². The Morgan fingerprint density at radius 3 is 2.05 bits per heavy atom. The number of halogens is 3. The van der Waals surface area contributed by atoms with E-state index in [-0.39, 0.29) is 33.2 Å². The number of anilines is 1. The van der Waals surface area contributed by atoms with Crippen molar-refractivity contribution in [3.63, 3.8) is 0 Å². The molecule has 3 aromatic rings. The van der Waals surface area contributed by atoms with E-state index in [9.17, 15) is 34.8 Å². The Bertz CT molecular complexity index is 1580. The third-order valence-corrected chi connectivity index (χ3v) is 9.82. The molecule has 208 valence electrons. The highest BCUT2D eigenvalue weighted by Crippen LogP contribution is 2.40. The van der Waals surface area contributed by atoms with Gasteiger partial charge in [0, 0.05) is 19.1 Å². The first-order valence-corrected chi connectivity index (χ1v) is 15.3. The first-order valence-electron chi connectivity index (χ1n) is 11.9. The van der Waals surface area contributed by atoms with E-state index in [0.717, 1.165) is 12.3 Å². The van der Waals surface area contributed by atoms with Crippen LogP contribution in [0.5, 0.6) is 0 Å². The number of hydrogen-bond acceptors (Lipinski definition) is 6. The largest absolute Gasteiger partial charge is 0.417 e. The minimum atomic E-state index is -4.76. The highest BCUT2D eigenvalue weighted by molar-refractivity contribution is 7.92. The Morgan fingerprint density at radius 1 is 0.949 bits per heavy atom. The van der Waals surface area contributed by atoms with E-state index in [1.54, 1.807) is 0 Å². The molecule has 0 bridgehead atoms. The van der Waals surface area contributed by atoms with Crippen molar-refractivity contribution in [2.45, 2.75) is 40.0 Å². The van der Waals surface area contributed by atoms with Crippen LogP contribution in [0.25, 0.3) is 11.1 Å². The monoisotopic (exact) mass is 581 g/mol. The van der Waals surface area contributed by atoms with Crippen LogP contribution in [0.2, 0.25) is 0 Å². The first kappa shape index (κ1) is 28.8. The van der Waals surface area contributed by atoms with Crippen LogP contribution in [0.4, 0.5) is 18.9 Å². The van der Waals surface area contributed by atoms with Crippen LogP contribution in [-0.2, 0) is 35.4 Å². The van der Waals surface area contributed by atoms with Gasteiger partial charge in [0.05, 0.1) is 33.1 Å². The molecule has 1 amide bonds. The van der Waals surface area contributed by atoms with Crippen molar-refractivity contribution >= 4 is 31.3 Å². The molecular formula is C27H26F3NO6S2. The number of amides is 1. The van der Waals surface area contributed by atoms with Gasteiger partial charge in [-0.25, -0.2) is 16.8 Å². The Kier molecular flexibility index (Phi) is 7.93. The zero-order valence-electron chi connectivity index (χ0n) is 21.0. The van der Waals surface area contributed by atoms with Crippen molar-refractivity contribution in [3.05, 3.63) is 77.9 Å². The van der Waals surface area contributed by atoms with Crippen LogP contribution in [0, 0.1) is 0 Å². The molecular weight excluding hydrogens is 555 g/mol. The van der Waals surface area contributed by atoms with Crippen molar-refractivity contribution in [1.82, 2.24) is 0 Å². The minimum absolute atomic E-state index is 0.0615. The van der Waals surface area contributed by atoms with Crippen LogP contribution in [0.15, 0.2) is 76.5 Å². The molecule has 1 saturated carbocycles. The lowest BCUT2D eigenvalue weighted by Crippen LogP contribution is -2.25. The fraction of sp³-hybridized carbons (Fsp3) is 0.296. The van der Waals surface area contributed by atoms with Crippen LogP contribution in [0.3, 0.4) is 0 Å². The molecule has 0 aromatic heterocycles. The summed E-state index contributed by atoms with van der Waals surface area (Å²) in [4.78, 5) is 13.2. The fourth-order valence-electron chi connectivity index (χ4n) is 4.17. The summed E-state index contributed by atoms with van der Waals surface area (Å²) in [7, 11) is -5.57. The van der Waals surface area contributed by atoms with Crippen molar-refractivity contribution in [1.29, 1.82) is 0 Å². The Morgan fingerprint density at radius 2 is 1.54 bits per heavy atom. The van der Waals surface area contributed by atoms with Gasteiger partial charge in [0.15, 0.2) is 19.7 Å². The molecule has 7 nitrogen and oxygen atoms in total. The topological polar surface area (TPSA) is 107 Å². The number of sulfone groups is 2. The molecule has 0 spiro atoms. The molecule has 3 aromatic carbocycles. The summed E-state index contributed by atoms with van der Waals surface area (Å²) in [5.41, 5.74) is -0.661. The Hall–Kier alpha value is -3.22. The molecule has 4 rings (SSSR count). The van der Waals surface area contributed by atoms with Crippen molar-refractivity contribution in [3.8, 4) is 11.1 Å². The first-order chi connectivity index (χ1) is 18.2. The SMILES string of the molecule is COCC(C(=O)Nc1ccc(-c2ccc(S(=O)(=O)C3CC3)cc2)c(C(F)(F)F)c1)c1ccc(S(C)(=O)=O)cc1. The Labute approximate surface area is 224 Å². The molecule has 1 unspecified atom stereocenters. The summed E-state index contributed by atoms with van der Waals surface area (Å²) in [5.74, 6) is -1.56. The molecule has 39 heavy (non-hydrogen) atoms. The highest BCUT2D eigenvalue weighted by atomic mass is 32.2. The summed E-state index contributed by atoms with van der Waals surface area (Å²) in [6, 6.07) is 14.3. The molecule has 1 N–H and O–H groups in total. The number of nitrogens with one attached hydrogen (secondary N) is 1. The van der Waals surface area contributed by atoms with E-state index in [1.165, 1.54) is 67.8 Å². The number of alkyl halides is 3. The van der Waals surface area contributed by atoms with E-state index >= 15 is 0 Å². The molecule has 0 saturated heterocycles. The van der Waals surface area contributed by atoms with Gasteiger partial charge >= 0.3 is 6.18 Å². The lowest BCUT2D eigenvalue weighted by molar-refractivity contribution is -0.137. The average Bonchev–Trinajstić information content (AvgIpc) is 3.73. The average molecular weight is 582 g/mol. The number of carbonyl (C=O) groups excluding carboxylic acids is 1. The predicted octanol–water partition coefficient (Wildman–Crippen LogP) is 5.08. The molecule has 1 atom stereocenters. The van der Waals surface area contributed by atoms with E-state index in [1.807, 2.05) is 0 Å². The van der Waals surface area contributed by atoms with Gasteiger partial charge in [0.2, 0.25) is 5.91 Å². The standard InChI is InChI=1S/C27H26F3NO6S2/c1-37-16-24(18-3-8-20(9-4-18)38(2,33)34)26(32)31-19-7-14-23(25(15-19)27(28,29)30)17-5-10-21(11-6-17)39(35,36)22-12-13-22/h3-11,14-15,22,24H,12-13,16H2,1-2H3,(H,31,32). The minimum Gasteiger partial charge on any atom is -0.384 e. The highest BCUT2D eigenvalue weighted by Gasteiger charge is 2.37. The summed E-state index contributed by atoms with van der Waals surface area (Å²) < 4.78 is 95.5. The van der Waals surface area contributed by atoms with Gasteiger partial charge < -0.3 is 10.1 Å². The second-order valence-electron chi connectivity index (χ2n) is 9.37. The molecule has 0 heterocycles. The van der Waals surface area contributed by atoms with Crippen LogP contribution in [-0.4, -0.2) is 48.0 Å². The van der Waals surface area contributed by atoms with Gasteiger partial charge in [-0.2, -0.15) is 13.2 Å². The van der Waals surface area contributed by atoms with Gasteiger partial charge in [-0.3, -0.25) is 4.79 Å². The molecule has 1 aliphatic rings. The summed E-state index contributed by atoms with van der Waals surface area (Å²) >= 11 is 0. The maximum absolute atomic E-state index is 14.0.